The number of nitrogens with zero attached hydrogens (tertiary/aromatic N) is 5. The lowest BCUT2D eigenvalue weighted by Crippen LogP contribution is -2.21. The molecule has 0 aliphatic carbocycles. The third-order valence-corrected chi connectivity index (χ3v) is 5.90. The highest BCUT2D eigenvalue weighted by atomic mass is 19.4. The summed E-state index contributed by atoms with van der Waals surface area (Å²) in [5.74, 6) is -0.634. The van der Waals surface area contributed by atoms with E-state index in [4.69, 9.17) is 0 Å². The van der Waals surface area contributed by atoms with Crippen molar-refractivity contribution in [2.24, 2.45) is 7.05 Å². The zero-order valence-electron chi connectivity index (χ0n) is 20.8. The molecule has 206 valence electrons. The zero-order valence-corrected chi connectivity index (χ0v) is 20.8. The molecule has 0 radical (unpaired) electrons. The standard InChI is InChI=1S/C25H21F4N9O2/c1-37-21-17(13-32-22(35-21)30-8-10-38-11-9-31-24(38)40)20(36-37)14-2-5-16(6-3-14)33-23(39)34-19-12-15(25(27,28)29)4-7-18(19)26/h2-7,9,11-13H,8,10H2,1H3,(H,31,40)(H,30,32,35)(H2,33,34,39). The Bertz CT molecular complexity index is 1740. The van der Waals surface area contributed by atoms with Gasteiger partial charge in [-0.15, -0.1) is 0 Å². The molecule has 5 aromatic rings. The number of carbonyl (C=O) groups excluding carboxylic acids is 1. The molecular formula is C25H21F4N9O2. The Kier molecular flexibility index (Phi) is 6.94. The van der Waals surface area contributed by atoms with Gasteiger partial charge in [-0.1, -0.05) is 12.1 Å². The molecule has 0 bridgehead atoms. The number of H-pyrrole nitrogens is 1. The van der Waals surface area contributed by atoms with Gasteiger partial charge < -0.3 is 20.9 Å². The van der Waals surface area contributed by atoms with Crippen LogP contribution in [0.15, 0.2) is 65.8 Å². The van der Waals surface area contributed by atoms with Gasteiger partial charge in [-0.05, 0) is 30.3 Å². The second-order valence-electron chi connectivity index (χ2n) is 8.64. The van der Waals surface area contributed by atoms with Gasteiger partial charge in [0.15, 0.2) is 5.65 Å². The van der Waals surface area contributed by atoms with Gasteiger partial charge in [-0.2, -0.15) is 23.3 Å². The molecule has 11 nitrogen and oxygen atoms in total. The molecule has 0 aliphatic heterocycles. The first-order valence-electron chi connectivity index (χ1n) is 11.8. The maximum absolute atomic E-state index is 13.9. The summed E-state index contributed by atoms with van der Waals surface area (Å²) in [5, 5.41) is 12.8. The van der Waals surface area contributed by atoms with Crippen LogP contribution in [-0.4, -0.2) is 41.9 Å². The van der Waals surface area contributed by atoms with Crippen molar-refractivity contribution in [2.75, 3.05) is 22.5 Å². The second-order valence-corrected chi connectivity index (χ2v) is 8.64. The summed E-state index contributed by atoms with van der Waals surface area (Å²) in [6, 6.07) is 7.34. The Morgan fingerprint density at radius 1 is 1.10 bits per heavy atom. The van der Waals surface area contributed by atoms with Crippen LogP contribution in [0.1, 0.15) is 5.56 Å². The quantitative estimate of drug-likeness (QED) is 0.220. The SMILES string of the molecule is Cn1nc(-c2ccc(NC(=O)Nc3cc(C(F)(F)F)ccc3F)cc2)c2cnc(NCCn3cc[nH]c3=O)nc21. The maximum Gasteiger partial charge on any atom is 0.416 e. The predicted molar refractivity (Wildman–Crippen MR) is 139 cm³/mol. The lowest BCUT2D eigenvalue weighted by molar-refractivity contribution is -0.137. The normalized spacial score (nSPS) is 11.5. The van der Waals surface area contributed by atoms with Crippen molar-refractivity contribution < 1.29 is 22.4 Å². The van der Waals surface area contributed by atoms with Crippen LogP contribution >= 0.6 is 0 Å². The smallest absolute Gasteiger partial charge is 0.352 e. The molecule has 0 aliphatic rings. The number of hydrogen-bond donors (Lipinski definition) is 4. The van der Waals surface area contributed by atoms with Crippen LogP contribution < -0.4 is 21.6 Å². The number of hydrogen-bond acceptors (Lipinski definition) is 6. The molecular weight excluding hydrogens is 534 g/mol. The van der Waals surface area contributed by atoms with Crippen molar-refractivity contribution in [3.63, 3.8) is 0 Å². The number of aromatic amines is 1. The number of benzene rings is 2. The summed E-state index contributed by atoms with van der Waals surface area (Å²) in [6.07, 6.45) is 0.144. The first kappa shape index (κ1) is 26.4. The van der Waals surface area contributed by atoms with Crippen LogP contribution in [0.4, 0.5) is 39.7 Å². The Morgan fingerprint density at radius 2 is 1.88 bits per heavy atom. The molecule has 0 spiro atoms. The summed E-state index contributed by atoms with van der Waals surface area (Å²) in [5.41, 5.74) is 0.268. The van der Waals surface area contributed by atoms with Crippen LogP contribution in [0.3, 0.4) is 0 Å². The van der Waals surface area contributed by atoms with Crippen LogP contribution in [0.5, 0.6) is 0 Å². The third kappa shape index (κ3) is 5.62. The Labute approximate surface area is 222 Å². The van der Waals surface area contributed by atoms with Crippen molar-refractivity contribution in [3.8, 4) is 11.3 Å². The molecule has 3 aromatic heterocycles. The topological polar surface area (TPSA) is 135 Å². The molecule has 2 aromatic carbocycles. The van der Waals surface area contributed by atoms with Gasteiger partial charge in [0.25, 0.3) is 0 Å². The van der Waals surface area contributed by atoms with Gasteiger partial charge in [0.2, 0.25) is 5.95 Å². The van der Waals surface area contributed by atoms with Crippen LogP contribution in [0.2, 0.25) is 0 Å². The Morgan fingerprint density at radius 3 is 2.58 bits per heavy atom. The lowest BCUT2D eigenvalue weighted by atomic mass is 10.1. The van der Waals surface area contributed by atoms with E-state index in [9.17, 15) is 27.2 Å². The fourth-order valence-corrected chi connectivity index (χ4v) is 3.94. The maximum atomic E-state index is 13.9. The Balaban J connectivity index is 1.26. The largest absolute Gasteiger partial charge is 0.416 e. The van der Waals surface area contributed by atoms with Crippen LogP contribution in [-0.2, 0) is 19.8 Å². The van der Waals surface area contributed by atoms with E-state index in [0.29, 0.717) is 65.2 Å². The summed E-state index contributed by atoms with van der Waals surface area (Å²) < 4.78 is 55.8. The zero-order chi connectivity index (χ0) is 28.4. The molecule has 4 N–H and O–H groups in total. The van der Waals surface area contributed by atoms with Crippen LogP contribution in [0.25, 0.3) is 22.3 Å². The van der Waals surface area contributed by atoms with Crippen molar-refractivity contribution in [1.29, 1.82) is 0 Å². The van der Waals surface area contributed by atoms with Crippen molar-refractivity contribution >= 4 is 34.4 Å². The van der Waals surface area contributed by atoms with Gasteiger partial charge in [0, 0.05) is 50.0 Å². The highest BCUT2D eigenvalue weighted by Crippen LogP contribution is 2.32. The molecule has 15 heteroatoms. The van der Waals surface area contributed by atoms with E-state index in [1.807, 2.05) is 0 Å². The number of imidazole rings is 1. The van der Waals surface area contributed by atoms with Crippen molar-refractivity contribution in [3.05, 3.63) is 82.9 Å². The number of rotatable bonds is 7. The first-order valence-corrected chi connectivity index (χ1v) is 11.8. The Hall–Kier alpha value is -5.21. The van der Waals surface area contributed by atoms with E-state index in [1.54, 1.807) is 54.6 Å². The summed E-state index contributed by atoms with van der Waals surface area (Å²) in [6.45, 7) is 0.851. The van der Waals surface area contributed by atoms with E-state index >= 15 is 0 Å². The number of anilines is 3. The number of nitrogens with one attached hydrogen (secondary N) is 4. The molecule has 0 fully saturated rings. The van der Waals surface area contributed by atoms with E-state index in [1.165, 1.54) is 4.57 Å². The molecule has 40 heavy (non-hydrogen) atoms. The molecule has 0 saturated heterocycles. The number of amides is 2. The molecule has 0 saturated carbocycles. The highest BCUT2D eigenvalue weighted by Gasteiger charge is 2.31. The number of carbonyl (C=O) groups is 1. The minimum Gasteiger partial charge on any atom is -0.352 e. The van der Waals surface area contributed by atoms with Gasteiger partial charge in [-0.25, -0.2) is 23.6 Å². The molecule has 2 amide bonds. The van der Waals surface area contributed by atoms with Gasteiger partial charge in [0.1, 0.15) is 11.5 Å². The third-order valence-electron chi connectivity index (χ3n) is 5.90. The number of fused-ring (bicyclic) bond motifs is 1. The molecule has 0 unspecified atom stereocenters. The minimum absolute atomic E-state index is 0.207. The average Bonchev–Trinajstić information content (AvgIpc) is 3.47. The van der Waals surface area contributed by atoms with E-state index in [-0.39, 0.29) is 5.69 Å². The molecule has 0 atom stereocenters. The number of urea groups is 1. The number of aryl methyl sites for hydroxylation is 1. The van der Waals surface area contributed by atoms with Gasteiger partial charge in [-0.3, -0.25) is 4.57 Å². The van der Waals surface area contributed by atoms with Gasteiger partial charge in [0.05, 0.1) is 16.6 Å². The molecule has 3 heterocycles. The van der Waals surface area contributed by atoms with Crippen LogP contribution in [0, 0.1) is 5.82 Å². The number of alkyl halides is 3. The van der Waals surface area contributed by atoms with E-state index in [0.717, 1.165) is 0 Å². The van der Waals surface area contributed by atoms with Crippen molar-refractivity contribution in [1.82, 2.24) is 29.3 Å². The summed E-state index contributed by atoms with van der Waals surface area (Å²) >= 11 is 0. The highest BCUT2D eigenvalue weighted by molar-refractivity contribution is 6.00. The minimum atomic E-state index is -4.68. The number of aromatic nitrogens is 6. The first-order chi connectivity index (χ1) is 19.1. The lowest BCUT2D eigenvalue weighted by Gasteiger charge is -2.12. The second kappa shape index (κ2) is 10.5. The average molecular weight is 555 g/mol. The fourth-order valence-electron chi connectivity index (χ4n) is 3.94. The summed E-state index contributed by atoms with van der Waals surface area (Å²) in [7, 11) is 1.73. The van der Waals surface area contributed by atoms with E-state index in [2.05, 4.69) is 36.0 Å². The monoisotopic (exact) mass is 555 g/mol. The summed E-state index contributed by atoms with van der Waals surface area (Å²) in [4.78, 5) is 35.3. The fraction of sp³-hybridized carbons (Fsp3) is 0.160. The number of halogens is 4. The predicted octanol–water partition coefficient (Wildman–Crippen LogP) is 4.43. The molecule has 5 rings (SSSR count). The van der Waals surface area contributed by atoms with Gasteiger partial charge >= 0.3 is 17.9 Å². The van der Waals surface area contributed by atoms with E-state index < -0.39 is 29.3 Å². The van der Waals surface area contributed by atoms with Crippen molar-refractivity contribution in [2.45, 2.75) is 12.7 Å².